The average molecular weight is 424 g/mol. The van der Waals surface area contributed by atoms with Crippen molar-refractivity contribution in [3.63, 3.8) is 0 Å². The molecule has 178 valence electrons. The Hall–Kier alpha value is -0.830. The van der Waals surface area contributed by atoms with Gasteiger partial charge in [0, 0.05) is 6.42 Å². The van der Waals surface area contributed by atoms with Crippen LogP contribution in [0.25, 0.3) is 0 Å². The van der Waals surface area contributed by atoms with Crippen LogP contribution in [-0.4, -0.2) is 31.1 Å². The van der Waals surface area contributed by atoms with E-state index in [9.17, 15) is 4.79 Å². The van der Waals surface area contributed by atoms with Crippen LogP contribution >= 0.6 is 0 Å². The number of unbranched alkanes of at least 4 members (excludes halogenated alkanes) is 15. The van der Waals surface area contributed by atoms with Crippen LogP contribution in [0, 0.1) is 0 Å². The summed E-state index contributed by atoms with van der Waals surface area (Å²) in [6.45, 7) is 5.42. The molecule has 0 aromatic rings. The number of carbonyl (C=O) groups is 1. The van der Waals surface area contributed by atoms with Crippen molar-refractivity contribution in [3.05, 3.63) is 12.2 Å². The number of hydrogen-bond acceptors (Lipinski definition) is 1. The predicted octanol–water partition coefficient (Wildman–Crippen LogP) is 8.10. The Morgan fingerprint density at radius 1 is 0.633 bits per heavy atom. The average Bonchev–Trinajstić information content (AvgIpc) is 2.69. The quantitative estimate of drug-likeness (QED) is 0.0810. The Bertz CT molecular complexity index is 404. The van der Waals surface area contributed by atoms with E-state index >= 15 is 0 Å². The monoisotopic (exact) mass is 423 g/mol. The normalized spacial score (nSPS) is 12.0. The summed E-state index contributed by atoms with van der Waals surface area (Å²) in [6.07, 6.45) is 29.2. The first-order valence-electron chi connectivity index (χ1n) is 13.3. The fraction of sp³-hybridized carbons (Fsp3) is 0.889. The van der Waals surface area contributed by atoms with Gasteiger partial charge in [0.25, 0.3) is 5.91 Å². The number of nitrogens with zero attached hydrogens (tertiary/aromatic N) is 1. The second kappa shape index (κ2) is 21.4. The van der Waals surface area contributed by atoms with Gasteiger partial charge >= 0.3 is 0 Å². The van der Waals surface area contributed by atoms with E-state index in [0.29, 0.717) is 11.0 Å². The van der Waals surface area contributed by atoms with E-state index < -0.39 is 0 Å². The lowest BCUT2D eigenvalue weighted by atomic mass is 10.1. The van der Waals surface area contributed by atoms with Gasteiger partial charge < -0.3 is 0 Å². The second-order valence-electron chi connectivity index (χ2n) is 9.69. The third-order valence-electron chi connectivity index (χ3n) is 5.88. The highest BCUT2D eigenvalue weighted by Crippen LogP contribution is 2.12. The van der Waals surface area contributed by atoms with Crippen molar-refractivity contribution >= 4 is 5.91 Å². The van der Waals surface area contributed by atoms with E-state index in [1.807, 2.05) is 0 Å². The summed E-state index contributed by atoms with van der Waals surface area (Å²) in [6, 6.07) is 0. The van der Waals surface area contributed by atoms with Crippen molar-refractivity contribution in [2.75, 3.05) is 20.6 Å². The maximum atomic E-state index is 12.0. The minimum Gasteiger partial charge on any atom is -0.270 e. The zero-order chi connectivity index (χ0) is 22.3. The van der Waals surface area contributed by atoms with Crippen molar-refractivity contribution in [2.24, 2.45) is 0 Å². The first-order valence-corrected chi connectivity index (χ1v) is 13.3. The summed E-state index contributed by atoms with van der Waals surface area (Å²) in [4.78, 5) is 12.0. The van der Waals surface area contributed by atoms with E-state index in [1.165, 1.54) is 103 Å². The molecule has 0 spiro atoms. The van der Waals surface area contributed by atoms with Gasteiger partial charge in [0.05, 0.1) is 14.1 Å². The molecule has 0 unspecified atom stereocenters. The minimum atomic E-state index is 0.203. The topological polar surface area (TPSA) is 29.1 Å². The molecule has 0 aromatic carbocycles. The van der Waals surface area contributed by atoms with Crippen LogP contribution in [-0.2, 0) is 4.79 Å². The Kier molecular flexibility index (Phi) is 20.8. The molecular weight excluding hydrogens is 368 g/mol. The maximum absolute atomic E-state index is 12.0. The van der Waals surface area contributed by atoms with Crippen LogP contribution in [0.2, 0.25) is 0 Å². The molecule has 0 fully saturated rings. The minimum absolute atomic E-state index is 0.203. The lowest BCUT2D eigenvalue weighted by Gasteiger charge is -2.28. The van der Waals surface area contributed by atoms with Gasteiger partial charge in [0.15, 0.2) is 0 Å². The van der Waals surface area contributed by atoms with Crippen molar-refractivity contribution < 1.29 is 9.39 Å². The summed E-state index contributed by atoms with van der Waals surface area (Å²) in [5.41, 5.74) is 3.11. The van der Waals surface area contributed by atoms with E-state index in [4.69, 9.17) is 0 Å². The number of nitrogens with one attached hydrogen (secondary N) is 1. The molecule has 30 heavy (non-hydrogen) atoms. The first kappa shape index (κ1) is 29.2. The van der Waals surface area contributed by atoms with E-state index in [2.05, 4.69) is 45.5 Å². The second-order valence-corrected chi connectivity index (χ2v) is 9.69. The van der Waals surface area contributed by atoms with Crippen LogP contribution in [0.5, 0.6) is 0 Å². The van der Waals surface area contributed by atoms with Crippen LogP contribution in [0.4, 0.5) is 0 Å². The lowest BCUT2D eigenvalue weighted by molar-refractivity contribution is -0.925. The van der Waals surface area contributed by atoms with Gasteiger partial charge in [-0.25, -0.2) is 10.0 Å². The number of hydrogen-bond donors (Lipinski definition) is 1. The summed E-state index contributed by atoms with van der Waals surface area (Å²) >= 11 is 0. The Morgan fingerprint density at radius 3 is 1.53 bits per heavy atom. The standard InChI is InChI=1S/C27H54N2O/c1-5-7-8-9-10-11-12-13-14-15-16-17-18-19-20-21-22-23-24-25-27(30)28-29(3,4)26-6-2/h13-14H,5-12,15-26H2,1-4H3/p+1. The Balaban J connectivity index is 3.28. The van der Waals surface area contributed by atoms with Gasteiger partial charge in [-0.1, -0.05) is 103 Å². The van der Waals surface area contributed by atoms with Crippen molar-refractivity contribution in [1.82, 2.24) is 5.43 Å². The third kappa shape index (κ3) is 21.9. The zero-order valence-electron chi connectivity index (χ0n) is 21.2. The molecule has 3 nitrogen and oxygen atoms in total. The van der Waals surface area contributed by atoms with E-state index in [0.717, 1.165) is 19.4 Å². The van der Waals surface area contributed by atoms with Gasteiger partial charge in [-0.3, -0.25) is 4.79 Å². The number of quaternary nitrogens is 1. The molecule has 0 saturated heterocycles. The van der Waals surface area contributed by atoms with Crippen LogP contribution < -0.4 is 5.43 Å². The predicted molar refractivity (Wildman–Crippen MR) is 133 cm³/mol. The molecule has 0 rings (SSSR count). The van der Waals surface area contributed by atoms with E-state index in [1.54, 1.807) is 0 Å². The molecule has 0 aliphatic carbocycles. The van der Waals surface area contributed by atoms with Gasteiger partial charge in [-0.15, -0.1) is 0 Å². The number of carbonyl (C=O) groups excluding carboxylic acids is 1. The molecule has 0 atom stereocenters. The fourth-order valence-corrected chi connectivity index (χ4v) is 4.07. The lowest BCUT2D eigenvalue weighted by Crippen LogP contribution is -2.54. The van der Waals surface area contributed by atoms with Crippen molar-refractivity contribution in [1.29, 1.82) is 0 Å². The molecule has 1 amide bonds. The highest BCUT2D eigenvalue weighted by molar-refractivity contribution is 5.74. The van der Waals surface area contributed by atoms with Crippen LogP contribution in [0.3, 0.4) is 0 Å². The molecule has 0 radical (unpaired) electrons. The van der Waals surface area contributed by atoms with Crippen molar-refractivity contribution in [2.45, 2.75) is 136 Å². The molecule has 1 N–H and O–H groups in total. The number of amides is 1. The summed E-state index contributed by atoms with van der Waals surface area (Å²) in [7, 11) is 4.13. The van der Waals surface area contributed by atoms with Crippen molar-refractivity contribution in [3.8, 4) is 0 Å². The number of rotatable bonds is 22. The Labute approximate surface area is 189 Å². The summed E-state index contributed by atoms with van der Waals surface area (Å²) < 4.78 is 0.601. The summed E-state index contributed by atoms with van der Waals surface area (Å²) in [5, 5.41) is 0. The van der Waals surface area contributed by atoms with Gasteiger partial charge in [0.1, 0.15) is 6.54 Å². The zero-order valence-corrected chi connectivity index (χ0v) is 21.2. The van der Waals surface area contributed by atoms with Gasteiger partial charge in [-0.05, 0) is 38.5 Å². The van der Waals surface area contributed by atoms with Crippen LogP contribution in [0.1, 0.15) is 136 Å². The summed E-state index contributed by atoms with van der Waals surface area (Å²) in [5.74, 6) is 0.203. The Morgan fingerprint density at radius 2 is 1.07 bits per heavy atom. The smallest absolute Gasteiger partial charge is 0.264 e. The molecule has 0 saturated carbocycles. The molecule has 0 heterocycles. The highest BCUT2D eigenvalue weighted by Gasteiger charge is 2.16. The number of allylic oxidation sites excluding steroid dienone is 2. The molecule has 0 bridgehead atoms. The van der Waals surface area contributed by atoms with E-state index in [-0.39, 0.29) is 5.91 Å². The largest absolute Gasteiger partial charge is 0.270 e. The third-order valence-corrected chi connectivity index (χ3v) is 5.88. The molecule has 0 aliphatic rings. The van der Waals surface area contributed by atoms with Gasteiger partial charge in [-0.2, -0.15) is 0 Å². The fourth-order valence-electron chi connectivity index (χ4n) is 4.07. The first-order chi connectivity index (χ1) is 14.5. The maximum Gasteiger partial charge on any atom is 0.264 e. The highest BCUT2D eigenvalue weighted by atomic mass is 16.2. The molecule has 0 aliphatic heterocycles. The SMILES string of the molecule is CCCCCCCCC=CCCCCCCCCCCCC(=O)N[N+](C)(C)CCC. The van der Waals surface area contributed by atoms with Crippen LogP contribution in [0.15, 0.2) is 12.2 Å². The van der Waals surface area contributed by atoms with Gasteiger partial charge in [0.2, 0.25) is 0 Å². The molecular formula is C27H55N2O+. The molecule has 0 aromatic heterocycles. The molecule has 3 heteroatoms.